The molecule has 0 atom stereocenters. The van der Waals surface area contributed by atoms with E-state index in [0.717, 1.165) is 0 Å². The molecule has 0 fully saturated rings. The van der Waals surface area contributed by atoms with E-state index in [1.54, 1.807) is 6.07 Å². The zero-order chi connectivity index (χ0) is 10.6. The number of aromatic carboxylic acids is 1. The second kappa shape index (κ2) is 4.54. The number of rotatable bonds is 3. The van der Waals surface area contributed by atoms with Crippen molar-refractivity contribution in [3.8, 4) is 12.3 Å². The van der Waals surface area contributed by atoms with E-state index in [1.165, 1.54) is 12.1 Å². The van der Waals surface area contributed by atoms with Gasteiger partial charge in [-0.3, -0.25) is 0 Å². The Morgan fingerprint density at radius 3 is 2.86 bits per heavy atom. The molecule has 0 amide bonds. The van der Waals surface area contributed by atoms with Crippen molar-refractivity contribution in [1.82, 2.24) is 0 Å². The first-order valence-electron chi connectivity index (χ1n) is 3.85. The Balaban J connectivity index is 2.90. The van der Waals surface area contributed by atoms with Crippen LogP contribution in [0.2, 0.25) is 5.02 Å². The highest BCUT2D eigenvalue weighted by atomic mass is 35.5. The zero-order valence-electron chi connectivity index (χ0n) is 7.25. The molecule has 1 rings (SSSR count). The van der Waals surface area contributed by atoms with Gasteiger partial charge < -0.3 is 10.4 Å². The molecule has 0 aliphatic heterocycles. The van der Waals surface area contributed by atoms with Gasteiger partial charge in [0, 0.05) is 5.69 Å². The summed E-state index contributed by atoms with van der Waals surface area (Å²) in [6.07, 6.45) is 5.05. The third kappa shape index (κ3) is 2.41. The molecule has 0 aliphatic carbocycles. The zero-order valence-corrected chi connectivity index (χ0v) is 8.01. The second-order valence-electron chi connectivity index (χ2n) is 2.56. The number of carbonyl (C=O) groups is 1. The maximum atomic E-state index is 10.6. The molecule has 2 N–H and O–H groups in total. The molecular weight excluding hydrogens is 202 g/mol. The highest BCUT2D eigenvalue weighted by Gasteiger charge is 2.07. The third-order valence-electron chi connectivity index (χ3n) is 1.59. The smallest absolute Gasteiger partial charge is 0.337 e. The largest absolute Gasteiger partial charge is 0.478 e. The molecule has 4 heteroatoms. The van der Waals surface area contributed by atoms with Crippen LogP contribution in [0.5, 0.6) is 0 Å². The van der Waals surface area contributed by atoms with E-state index in [4.69, 9.17) is 23.1 Å². The van der Waals surface area contributed by atoms with E-state index >= 15 is 0 Å². The van der Waals surface area contributed by atoms with Gasteiger partial charge in [0.15, 0.2) is 0 Å². The van der Waals surface area contributed by atoms with Gasteiger partial charge in [-0.15, -0.1) is 6.42 Å². The molecule has 72 valence electrons. The summed E-state index contributed by atoms with van der Waals surface area (Å²) in [4.78, 5) is 10.6. The number of hydrogen-bond acceptors (Lipinski definition) is 2. The van der Waals surface area contributed by atoms with Crippen molar-refractivity contribution in [2.75, 3.05) is 11.9 Å². The van der Waals surface area contributed by atoms with Gasteiger partial charge in [-0.1, -0.05) is 17.5 Å². The van der Waals surface area contributed by atoms with Gasteiger partial charge in [0.1, 0.15) is 0 Å². The fraction of sp³-hybridized carbons (Fsp3) is 0.100. The molecule has 0 bridgehead atoms. The summed E-state index contributed by atoms with van der Waals surface area (Å²) in [7, 11) is 0. The van der Waals surface area contributed by atoms with Crippen molar-refractivity contribution in [3.63, 3.8) is 0 Å². The summed E-state index contributed by atoms with van der Waals surface area (Å²) < 4.78 is 0. The van der Waals surface area contributed by atoms with Gasteiger partial charge in [-0.05, 0) is 18.2 Å². The Morgan fingerprint density at radius 2 is 2.36 bits per heavy atom. The van der Waals surface area contributed by atoms with E-state index in [2.05, 4.69) is 11.2 Å². The summed E-state index contributed by atoms with van der Waals surface area (Å²) in [6.45, 7) is 0.378. The number of carboxylic acids is 1. The summed E-state index contributed by atoms with van der Waals surface area (Å²) in [5, 5.41) is 11.8. The predicted octanol–water partition coefficient (Wildman–Crippen LogP) is 2.08. The van der Waals surface area contributed by atoms with E-state index < -0.39 is 5.97 Å². The van der Waals surface area contributed by atoms with Crippen molar-refractivity contribution >= 4 is 23.3 Å². The standard InChI is InChI=1S/C10H8ClNO2/c1-2-5-12-7-3-4-8(10(13)14)9(11)6-7/h1,3-4,6,12H,5H2,(H,13,14). The molecular formula is C10H8ClNO2. The van der Waals surface area contributed by atoms with Crippen LogP contribution in [0.4, 0.5) is 5.69 Å². The minimum Gasteiger partial charge on any atom is -0.478 e. The van der Waals surface area contributed by atoms with Crippen LogP contribution >= 0.6 is 11.6 Å². The van der Waals surface area contributed by atoms with E-state index in [0.29, 0.717) is 12.2 Å². The van der Waals surface area contributed by atoms with Crippen molar-refractivity contribution in [2.45, 2.75) is 0 Å². The van der Waals surface area contributed by atoms with E-state index in [-0.39, 0.29) is 10.6 Å². The number of benzene rings is 1. The predicted molar refractivity (Wildman–Crippen MR) is 55.7 cm³/mol. The molecule has 0 aromatic heterocycles. The molecule has 0 radical (unpaired) electrons. The van der Waals surface area contributed by atoms with Gasteiger partial charge in [-0.25, -0.2) is 4.79 Å². The minimum atomic E-state index is -1.04. The molecule has 0 heterocycles. The summed E-state index contributed by atoms with van der Waals surface area (Å²) in [5.74, 6) is 1.36. The Kier molecular flexibility index (Phi) is 3.38. The van der Waals surface area contributed by atoms with Crippen molar-refractivity contribution in [2.24, 2.45) is 0 Å². The van der Waals surface area contributed by atoms with Crippen LogP contribution < -0.4 is 5.32 Å². The van der Waals surface area contributed by atoms with E-state index in [9.17, 15) is 4.79 Å². The first-order chi connectivity index (χ1) is 6.65. The fourth-order valence-corrected chi connectivity index (χ4v) is 1.21. The Morgan fingerprint density at radius 1 is 1.64 bits per heavy atom. The lowest BCUT2D eigenvalue weighted by Gasteiger charge is -2.04. The maximum Gasteiger partial charge on any atom is 0.337 e. The molecule has 14 heavy (non-hydrogen) atoms. The number of anilines is 1. The van der Waals surface area contributed by atoms with Crippen molar-refractivity contribution < 1.29 is 9.90 Å². The average molecular weight is 210 g/mol. The molecule has 0 saturated heterocycles. The minimum absolute atomic E-state index is 0.0814. The lowest BCUT2D eigenvalue weighted by Crippen LogP contribution is -2.01. The van der Waals surface area contributed by atoms with Crippen molar-refractivity contribution in [3.05, 3.63) is 28.8 Å². The Labute approximate surface area is 86.7 Å². The van der Waals surface area contributed by atoms with Gasteiger partial charge in [0.05, 0.1) is 17.1 Å². The first kappa shape index (κ1) is 10.4. The molecule has 0 unspecified atom stereocenters. The number of nitrogens with one attached hydrogen (secondary N) is 1. The Hall–Kier alpha value is -1.66. The van der Waals surface area contributed by atoms with Gasteiger partial charge >= 0.3 is 5.97 Å². The maximum absolute atomic E-state index is 10.6. The molecule has 0 saturated carbocycles. The number of carboxylic acid groups (broad SMARTS) is 1. The summed E-state index contributed by atoms with van der Waals surface area (Å²) in [5.41, 5.74) is 0.788. The molecule has 1 aromatic carbocycles. The van der Waals surface area contributed by atoms with Gasteiger partial charge in [-0.2, -0.15) is 0 Å². The molecule has 1 aromatic rings. The quantitative estimate of drug-likeness (QED) is 0.750. The van der Waals surface area contributed by atoms with Crippen LogP contribution in [0.25, 0.3) is 0 Å². The molecule has 3 nitrogen and oxygen atoms in total. The van der Waals surface area contributed by atoms with Crippen LogP contribution in [-0.4, -0.2) is 17.6 Å². The van der Waals surface area contributed by atoms with Crippen LogP contribution in [0.1, 0.15) is 10.4 Å². The fourth-order valence-electron chi connectivity index (χ4n) is 0.952. The second-order valence-corrected chi connectivity index (χ2v) is 2.96. The van der Waals surface area contributed by atoms with E-state index in [1.807, 2.05) is 0 Å². The van der Waals surface area contributed by atoms with Crippen LogP contribution in [0.3, 0.4) is 0 Å². The monoisotopic (exact) mass is 209 g/mol. The van der Waals surface area contributed by atoms with Crippen LogP contribution in [0.15, 0.2) is 18.2 Å². The normalized spacial score (nSPS) is 9.14. The van der Waals surface area contributed by atoms with Crippen LogP contribution in [-0.2, 0) is 0 Å². The lowest BCUT2D eigenvalue weighted by molar-refractivity contribution is 0.0697. The summed E-state index contributed by atoms with van der Waals surface area (Å²) >= 11 is 5.73. The molecule has 0 spiro atoms. The van der Waals surface area contributed by atoms with Crippen LogP contribution in [0, 0.1) is 12.3 Å². The topological polar surface area (TPSA) is 49.3 Å². The molecule has 0 aliphatic rings. The highest BCUT2D eigenvalue weighted by molar-refractivity contribution is 6.33. The van der Waals surface area contributed by atoms with Crippen molar-refractivity contribution in [1.29, 1.82) is 0 Å². The first-order valence-corrected chi connectivity index (χ1v) is 4.23. The van der Waals surface area contributed by atoms with Gasteiger partial charge in [0.25, 0.3) is 0 Å². The number of hydrogen-bond donors (Lipinski definition) is 2. The lowest BCUT2D eigenvalue weighted by atomic mass is 10.2. The SMILES string of the molecule is C#CCNc1ccc(C(=O)O)c(Cl)c1. The Bertz CT molecular complexity index is 396. The number of terminal acetylenes is 1. The summed E-state index contributed by atoms with van der Waals surface area (Å²) in [6, 6.07) is 4.58. The van der Waals surface area contributed by atoms with Gasteiger partial charge in [0.2, 0.25) is 0 Å². The number of halogens is 1. The average Bonchev–Trinajstić information content (AvgIpc) is 2.14. The third-order valence-corrected chi connectivity index (χ3v) is 1.91. The highest BCUT2D eigenvalue weighted by Crippen LogP contribution is 2.20.